The monoisotopic (exact) mass is 317 g/mol. The molecule has 0 aliphatic rings. The molecule has 0 aromatic heterocycles. The number of carbonyl (C=O) groups excluding carboxylic acids is 1. The van der Waals surface area contributed by atoms with Gasteiger partial charge >= 0.3 is 5.97 Å². The van der Waals surface area contributed by atoms with E-state index >= 15 is 0 Å². The lowest BCUT2D eigenvalue weighted by atomic mass is 10.2. The molecule has 8 heteroatoms. The summed E-state index contributed by atoms with van der Waals surface area (Å²) in [5.41, 5.74) is 0.605. The average Bonchev–Trinajstić information content (AvgIpc) is 2.45. The highest BCUT2D eigenvalue weighted by Gasteiger charge is 2.15. The number of ether oxygens (including phenoxy) is 3. The van der Waals surface area contributed by atoms with Crippen LogP contribution in [0.5, 0.6) is 5.75 Å². The molecule has 0 spiro atoms. The van der Waals surface area contributed by atoms with E-state index in [-0.39, 0.29) is 18.0 Å². The molecule has 0 radical (unpaired) electrons. The summed E-state index contributed by atoms with van der Waals surface area (Å²) in [6, 6.07) is 4.39. The van der Waals surface area contributed by atoms with Crippen LogP contribution in [0.4, 0.5) is 0 Å². The minimum atomic E-state index is -3.58. The number of carbonyl (C=O) groups is 1. The lowest BCUT2D eigenvalue weighted by molar-refractivity contribution is -0.142. The minimum absolute atomic E-state index is 0.126. The van der Waals surface area contributed by atoms with Gasteiger partial charge in [-0.25, -0.2) is 17.9 Å². The molecule has 0 bridgehead atoms. The van der Waals surface area contributed by atoms with Crippen LogP contribution in [0.25, 0.3) is 0 Å². The molecule has 0 aliphatic carbocycles. The molecule has 7 nitrogen and oxygen atoms in total. The fourth-order valence-electron chi connectivity index (χ4n) is 1.51. The van der Waals surface area contributed by atoms with Crippen molar-refractivity contribution in [2.45, 2.75) is 11.8 Å². The van der Waals surface area contributed by atoms with E-state index in [2.05, 4.69) is 9.46 Å². The topological polar surface area (TPSA) is 90.9 Å². The highest BCUT2D eigenvalue weighted by Crippen LogP contribution is 2.21. The Morgan fingerprint density at radius 2 is 2.00 bits per heavy atom. The molecule has 1 aromatic carbocycles. The van der Waals surface area contributed by atoms with E-state index < -0.39 is 16.0 Å². The van der Waals surface area contributed by atoms with Crippen LogP contribution < -0.4 is 9.46 Å². The standard InChI is InChI=1S/C13H19NO6S/c1-10-8-11(21(16,17)14-6-7-18-2)4-5-12(10)20-9-13(15)19-3/h4-5,8,14H,6-7,9H2,1-3H3. The summed E-state index contributed by atoms with van der Waals surface area (Å²) >= 11 is 0. The summed E-state index contributed by atoms with van der Waals surface area (Å²) in [6.07, 6.45) is 0. The lowest BCUT2D eigenvalue weighted by Gasteiger charge is -2.11. The first kappa shape index (κ1) is 17.4. The summed E-state index contributed by atoms with van der Waals surface area (Å²) < 4.78 is 40.9. The Hall–Kier alpha value is -1.64. The van der Waals surface area contributed by atoms with Crippen molar-refractivity contribution in [2.24, 2.45) is 0 Å². The Morgan fingerprint density at radius 3 is 2.57 bits per heavy atom. The van der Waals surface area contributed by atoms with Gasteiger partial charge in [0.05, 0.1) is 18.6 Å². The van der Waals surface area contributed by atoms with Crippen LogP contribution in [0.15, 0.2) is 23.1 Å². The Morgan fingerprint density at radius 1 is 1.29 bits per heavy atom. The summed E-state index contributed by atoms with van der Waals surface area (Å²) in [7, 11) is -0.829. The Labute approximate surface area is 124 Å². The van der Waals surface area contributed by atoms with Crippen LogP contribution in [-0.4, -0.2) is 48.4 Å². The van der Waals surface area contributed by atoms with Crippen molar-refractivity contribution >= 4 is 16.0 Å². The van der Waals surface area contributed by atoms with Gasteiger partial charge in [-0.15, -0.1) is 0 Å². The first-order valence-corrected chi connectivity index (χ1v) is 7.68. The van der Waals surface area contributed by atoms with Crippen LogP contribution in [0.3, 0.4) is 0 Å². The van der Waals surface area contributed by atoms with E-state index in [1.54, 1.807) is 6.92 Å². The Kier molecular flexibility index (Phi) is 6.60. The third-order valence-corrected chi connectivity index (χ3v) is 4.09. The smallest absolute Gasteiger partial charge is 0.343 e. The van der Waals surface area contributed by atoms with Gasteiger partial charge in [0.1, 0.15) is 5.75 Å². The average molecular weight is 317 g/mol. The third-order valence-electron chi connectivity index (χ3n) is 2.63. The van der Waals surface area contributed by atoms with Crippen LogP contribution in [0.1, 0.15) is 5.56 Å². The van der Waals surface area contributed by atoms with Gasteiger partial charge in [-0.2, -0.15) is 0 Å². The predicted molar refractivity (Wildman–Crippen MR) is 75.8 cm³/mol. The minimum Gasteiger partial charge on any atom is -0.482 e. The van der Waals surface area contributed by atoms with Gasteiger partial charge in [-0.3, -0.25) is 0 Å². The molecule has 0 atom stereocenters. The largest absolute Gasteiger partial charge is 0.482 e. The zero-order chi connectivity index (χ0) is 15.9. The summed E-state index contributed by atoms with van der Waals surface area (Å²) in [5.74, 6) is -0.0800. The highest BCUT2D eigenvalue weighted by molar-refractivity contribution is 7.89. The summed E-state index contributed by atoms with van der Waals surface area (Å²) in [5, 5.41) is 0. The summed E-state index contributed by atoms with van der Waals surface area (Å²) in [4.78, 5) is 11.1. The number of methoxy groups -OCH3 is 2. The summed E-state index contributed by atoms with van der Waals surface area (Å²) in [6.45, 7) is 1.95. The molecule has 1 aromatic rings. The van der Waals surface area contributed by atoms with Crippen molar-refractivity contribution in [3.63, 3.8) is 0 Å². The second-order valence-electron chi connectivity index (χ2n) is 4.18. The molecule has 0 saturated carbocycles. The number of rotatable bonds is 8. The van der Waals surface area contributed by atoms with Gasteiger partial charge in [0.2, 0.25) is 10.0 Å². The number of hydrogen-bond acceptors (Lipinski definition) is 6. The molecular formula is C13H19NO6S. The molecule has 0 heterocycles. The molecular weight excluding hydrogens is 298 g/mol. The van der Waals surface area contributed by atoms with Gasteiger partial charge < -0.3 is 14.2 Å². The first-order valence-electron chi connectivity index (χ1n) is 6.19. The molecule has 118 valence electrons. The molecule has 0 aliphatic heterocycles. The Balaban J connectivity index is 2.79. The van der Waals surface area contributed by atoms with Crippen LogP contribution in [0.2, 0.25) is 0 Å². The van der Waals surface area contributed by atoms with Gasteiger partial charge in [-0.1, -0.05) is 0 Å². The van der Waals surface area contributed by atoms with Crippen LogP contribution in [0, 0.1) is 6.92 Å². The van der Waals surface area contributed by atoms with Gasteiger partial charge in [0.15, 0.2) is 6.61 Å². The van der Waals surface area contributed by atoms with Crippen LogP contribution in [-0.2, 0) is 24.3 Å². The first-order chi connectivity index (χ1) is 9.90. The fraction of sp³-hybridized carbons (Fsp3) is 0.462. The quantitative estimate of drug-likeness (QED) is 0.554. The Bertz CT molecular complexity index is 584. The normalized spacial score (nSPS) is 11.2. The molecule has 0 amide bonds. The number of sulfonamides is 1. The molecule has 1 rings (SSSR count). The number of nitrogens with one attached hydrogen (secondary N) is 1. The maximum Gasteiger partial charge on any atom is 0.343 e. The zero-order valence-corrected chi connectivity index (χ0v) is 13.0. The second-order valence-corrected chi connectivity index (χ2v) is 5.95. The zero-order valence-electron chi connectivity index (χ0n) is 12.2. The van der Waals surface area contributed by atoms with Crippen molar-refractivity contribution in [1.82, 2.24) is 4.72 Å². The van der Waals surface area contributed by atoms with Crippen molar-refractivity contribution in [3.05, 3.63) is 23.8 Å². The molecule has 0 unspecified atom stereocenters. The number of benzene rings is 1. The number of aryl methyl sites for hydroxylation is 1. The number of esters is 1. The second kappa shape index (κ2) is 7.96. The van der Waals surface area contributed by atoms with Crippen molar-refractivity contribution in [1.29, 1.82) is 0 Å². The predicted octanol–water partition coefficient (Wildman–Crippen LogP) is 0.472. The number of hydrogen-bond donors (Lipinski definition) is 1. The van der Waals surface area contributed by atoms with E-state index in [9.17, 15) is 13.2 Å². The maximum atomic E-state index is 12.0. The molecule has 21 heavy (non-hydrogen) atoms. The van der Waals surface area contributed by atoms with E-state index in [0.717, 1.165) is 0 Å². The third kappa shape index (κ3) is 5.33. The lowest BCUT2D eigenvalue weighted by Crippen LogP contribution is -2.27. The maximum absolute atomic E-state index is 12.0. The fourth-order valence-corrected chi connectivity index (χ4v) is 2.61. The molecule has 1 N–H and O–H groups in total. The van der Waals surface area contributed by atoms with Crippen molar-refractivity contribution < 1.29 is 27.4 Å². The van der Waals surface area contributed by atoms with Gasteiger partial charge in [-0.05, 0) is 30.7 Å². The van der Waals surface area contributed by atoms with E-state index in [1.807, 2.05) is 0 Å². The van der Waals surface area contributed by atoms with Gasteiger partial charge in [0.25, 0.3) is 0 Å². The van der Waals surface area contributed by atoms with Crippen LogP contribution >= 0.6 is 0 Å². The van der Waals surface area contributed by atoms with E-state index in [0.29, 0.717) is 17.9 Å². The van der Waals surface area contributed by atoms with Crippen molar-refractivity contribution in [3.8, 4) is 5.75 Å². The van der Waals surface area contributed by atoms with Gasteiger partial charge in [0, 0.05) is 13.7 Å². The van der Waals surface area contributed by atoms with Crippen molar-refractivity contribution in [2.75, 3.05) is 34.0 Å². The van der Waals surface area contributed by atoms with E-state index in [1.165, 1.54) is 32.4 Å². The molecule has 0 fully saturated rings. The highest BCUT2D eigenvalue weighted by atomic mass is 32.2. The SMILES string of the molecule is COCCNS(=O)(=O)c1ccc(OCC(=O)OC)c(C)c1. The van der Waals surface area contributed by atoms with E-state index in [4.69, 9.17) is 9.47 Å². The molecule has 0 saturated heterocycles.